The van der Waals surface area contributed by atoms with Gasteiger partial charge in [0.2, 0.25) is 0 Å². The van der Waals surface area contributed by atoms with Crippen molar-refractivity contribution in [2.45, 2.75) is 50.9 Å². The van der Waals surface area contributed by atoms with E-state index >= 15 is 0 Å². The Morgan fingerprint density at radius 3 is 2.90 bits per heavy atom. The van der Waals surface area contributed by atoms with E-state index in [0.717, 1.165) is 49.4 Å². The number of aliphatic hydroxyl groups is 1. The van der Waals surface area contributed by atoms with E-state index in [1.807, 2.05) is 25.1 Å². The summed E-state index contributed by atoms with van der Waals surface area (Å²) in [5.74, 6) is 0.903. The van der Waals surface area contributed by atoms with Crippen LogP contribution in [-0.2, 0) is 9.47 Å². The van der Waals surface area contributed by atoms with Gasteiger partial charge < -0.3 is 19.3 Å². The fraction of sp³-hybridized carbons (Fsp3) is 0.647. The number of aryl methyl sites for hydroxylation is 1. The van der Waals surface area contributed by atoms with Crippen molar-refractivity contribution in [3.63, 3.8) is 0 Å². The van der Waals surface area contributed by atoms with Gasteiger partial charge in [-0.25, -0.2) is 0 Å². The van der Waals surface area contributed by atoms with Crippen LogP contribution in [0.5, 0.6) is 5.75 Å². The van der Waals surface area contributed by atoms with Gasteiger partial charge in [0, 0.05) is 25.9 Å². The average molecular weight is 292 g/mol. The van der Waals surface area contributed by atoms with E-state index in [9.17, 15) is 5.11 Å². The van der Waals surface area contributed by atoms with Crippen LogP contribution in [0.1, 0.15) is 43.4 Å². The Bertz CT molecular complexity index is 492. The molecule has 3 atom stereocenters. The molecule has 4 nitrogen and oxygen atoms in total. The molecule has 2 heterocycles. The van der Waals surface area contributed by atoms with Crippen molar-refractivity contribution in [3.05, 3.63) is 29.3 Å². The molecule has 2 aliphatic heterocycles. The molecule has 2 aliphatic rings. The molecule has 1 aromatic carbocycles. The molecule has 2 unspecified atom stereocenters. The third-order valence-corrected chi connectivity index (χ3v) is 4.49. The normalized spacial score (nSPS) is 30.5. The first-order valence-corrected chi connectivity index (χ1v) is 7.75. The van der Waals surface area contributed by atoms with Gasteiger partial charge in [0.25, 0.3) is 0 Å². The second-order valence-corrected chi connectivity index (χ2v) is 6.27. The lowest BCUT2D eigenvalue weighted by molar-refractivity contribution is -0.112. The second-order valence-electron chi connectivity index (χ2n) is 6.27. The van der Waals surface area contributed by atoms with Crippen LogP contribution >= 0.6 is 0 Å². The summed E-state index contributed by atoms with van der Waals surface area (Å²) in [6, 6.07) is 5.89. The van der Waals surface area contributed by atoms with Crippen LogP contribution in [0.2, 0.25) is 0 Å². The van der Waals surface area contributed by atoms with Gasteiger partial charge in [-0.2, -0.15) is 0 Å². The van der Waals surface area contributed by atoms with Gasteiger partial charge in [-0.15, -0.1) is 0 Å². The van der Waals surface area contributed by atoms with Crippen LogP contribution < -0.4 is 4.74 Å². The summed E-state index contributed by atoms with van der Waals surface area (Å²) in [7, 11) is 0. The van der Waals surface area contributed by atoms with Crippen molar-refractivity contribution in [1.82, 2.24) is 0 Å². The number of hydrogen-bond donors (Lipinski definition) is 1. The monoisotopic (exact) mass is 292 g/mol. The van der Waals surface area contributed by atoms with E-state index in [1.165, 1.54) is 0 Å². The maximum Gasteiger partial charge on any atom is 0.122 e. The van der Waals surface area contributed by atoms with Crippen molar-refractivity contribution in [3.8, 4) is 5.75 Å². The molecule has 0 amide bonds. The largest absolute Gasteiger partial charge is 0.490 e. The summed E-state index contributed by atoms with van der Waals surface area (Å²) in [5.41, 5.74) is 1.86. The van der Waals surface area contributed by atoms with Crippen LogP contribution in [0.25, 0.3) is 0 Å². The van der Waals surface area contributed by atoms with Crippen LogP contribution in [0.15, 0.2) is 18.2 Å². The number of benzene rings is 1. The van der Waals surface area contributed by atoms with Crippen molar-refractivity contribution in [2.75, 3.05) is 19.8 Å². The van der Waals surface area contributed by atoms with E-state index < -0.39 is 6.10 Å². The molecule has 0 aliphatic carbocycles. The Hall–Kier alpha value is -1.10. The number of aliphatic hydroxyl groups excluding tert-OH is 1. The lowest BCUT2D eigenvalue weighted by Gasteiger charge is -2.37. The number of ether oxygens (including phenoxy) is 3. The average Bonchev–Trinajstić information content (AvgIpc) is 2.89. The van der Waals surface area contributed by atoms with Gasteiger partial charge in [-0.05, 0) is 37.1 Å². The predicted molar refractivity (Wildman–Crippen MR) is 79.6 cm³/mol. The highest BCUT2D eigenvalue weighted by molar-refractivity contribution is 5.37. The Morgan fingerprint density at radius 2 is 2.24 bits per heavy atom. The molecule has 0 saturated carbocycles. The van der Waals surface area contributed by atoms with E-state index in [4.69, 9.17) is 14.2 Å². The maximum atomic E-state index is 9.63. The summed E-state index contributed by atoms with van der Waals surface area (Å²) in [6.07, 6.45) is 2.51. The highest BCUT2D eigenvalue weighted by Crippen LogP contribution is 2.35. The second kappa shape index (κ2) is 5.95. The molecule has 0 radical (unpaired) electrons. The topological polar surface area (TPSA) is 47.9 Å². The third kappa shape index (κ3) is 3.23. The molecular weight excluding hydrogens is 268 g/mol. The molecule has 0 bridgehead atoms. The van der Waals surface area contributed by atoms with Crippen molar-refractivity contribution in [2.24, 2.45) is 0 Å². The summed E-state index contributed by atoms with van der Waals surface area (Å²) in [5, 5.41) is 9.63. The van der Waals surface area contributed by atoms with E-state index in [0.29, 0.717) is 6.61 Å². The minimum Gasteiger partial charge on any atom is -0.490 e. The summed E-state index contributed by atoms with van der Waals surface area (Å²) in [6.45, 7) is 6.01. The third-order valence-electron chi connectivity index (χ3n) is 4.49. The molecule has 2 saturated heterocycles. The van der Waals surface area contributed by atoms with Crippen LogP contribution in [0, 0.1) is 6.92 Å². The van der Waals surface area contributed by atoms with Crippen molar-refractivity contribution < 1.29 is 19.3 Å². The zero-order valence-electron chi connectivity index (χ0n) is 12.8. The van der Waals surface area contributed by atoms with E-state index in [2.05, 4.69) is 0 Å². The fourth-order valence-electron chi connectivity index (χ4n) is 3.19. The fourth-order valence-corrected chi connectivity index (χ4v) is 3.19. The van der Waals surface area contributed by atoms with Gasteiger partial charge in [-0.1, -0.05) is 6.07 Å². The Morgan fingerprint density at radius 1 is 1.38 bits per heavy atom. The van der Waals surface area contributed by atoms with Crippen molar-refractivity contribution in [1.29, 1.82) is 0 Å². The Balaban J connectivity index is 1.68. The highest BCUT2D eigenvalue weighted by Gasteiger charge is 2.41. The molecule has 3 rings (SSSR count). The molecular formula is C17H24O4. The molecule has 21 heavy (non-hydrogen) atoms. The predicted octanol–water partition coefficient (Wildman–Crippen LogP) is 2.77. The minimum absolute atomic E-state index is 0.129. The van der Waals surface area contributed by atoms with Gasteiger partial charge in [0.1, 0.15) is 11.9 Å². The van der Waals surface area contributed by atoms with Crippen LogP contribution in [0.3, 0.4) is 0 Å². The number of hydrogen-bond acceptors (Lipinski definition) is 4. The molecule has 2 fully saturated rings. The zero-order valence-corrected chi connectivity index (χ0v) is 12.8. The van der Waals surface area contributed by atoms with Gasteiger partial charge in [-0.3, -0.25) is 0 Å². The smallest absolute Gasteiger partial charge is 0.122 e. The summed E-state index contributed by atoms with van der Waals surface area (Å²) < 4.78 is 17.6. The molecule has 0 aromatic heterocycles. The molecule has 4 heteroatoms. The first kappa shape index (κ1) is 14.8. The summed E-state index contributed by atoms with van der Waals surface area (Å²) >= 11 is 0. The quantitative estimate of drug-likeness (QED) is 0.930. The van der Waals surface area contributed by atoms with E-state index in [1.54, 1.807) is 6.92 Å². The highest BCUT2D eigenvalue weighted by atomic mass is 16.6. The summed E-state index contributed by atoms with van der Waals surface area (Å²) in [4.78, 5) is 0. The minimum atomic E-state index is -0.445. The lowest BCUT2D eigenvalue weighted by atomic mass is 9.91. The van der Waals surface area contributed by atoms with Gasteiger partial charge >= 0.3 is 0 Å². The first-order valence-electron chi connectivity index (χ1n) is 7.75. The van der Waals surface area contributed by atoms with Gasteiger partial charge in [0.15, 0.2) is 0 Å². The zero-order chi connectivity index (χ0) is 14.9. The number of rotatable bonds is 3. The Labute approximate surface area is 126 Å². The standard InChI is InChI=1S/C17H24O4/c1-12-9-14(13(2)18)3-4-16(12)21-15-5-7-20-17(10-15)6-8-19-11-17/h3-4,9,13,15,18H,5-8,10-11H2,1-2H3/t13-,15?,17?/m0/s1. The molecule has 1 N–H and O–H groups in total. The van der Waals surface area contributed by atoms with Crippen LogP contribution in [-0.4, -0.2) is 36.6 Å². The molecule has 1 aromatic rings. The molecule has 116 valence electrons. The van der Waals surface area contributed by atoms with E-state index in [-0.39, 0.29) is 11.7 Å². The van der Waals surface area contributed by atoms with Crippen molar-refractivity contribution >= 4 is 0 Å². The Kier molecular flexibility index (Phi) is 4.20. The first-order chi connectivity index (χ1) is 10.1. The van der Waals surface area contributed by atoms with Gasteiger partial charge in [0.05, 0.1) is 24.9 Å². The van der Waals surface area contributed by atoms with Crippen LogP contribution in [0.4, 0.5) is 0 Å². The molecule has 1 spiro atoms. The maximum absolute atomic E-state index is 9.63. The SMILES string of the molecule is Cc1cc([C@H](C)O)ccc1OC1CCOC2(CCOC2)C1. The lowest BCUT2D eigenvalue weighted by Crippen LogP contribution is -2.44.